The fourth-order valence-electron chi connectivity index (χ4n) is 2.60. The third kappa shape index (κ3) is 5.36. The van der Waals surface area contributed by atoms with E-state index < -0.39 is 0 Å². The minimum Gasteiger partial charge on any atom is -0.330 e. The summed E-state index contributed by atoms with van der Waals surface area (Å²) in [6, 6.07) is 9.63. The molecule has 5 nitrogen and oxygen atoms in total. The fourth-order valence-corrected chi connectivity index (χ4v) is 2.60. The van der Waals surface area contributed by atoms with Gasteiger partial charge in [0.25, 0.3) is 0 Å². The van der Waals surface area contributed by atoms with Gasteiger partial charge in [0, 0.05) is 25.3 Å². The van der Waals surface area contributed by atoms with Gasteiger partial charge >= 0.3 is 6.03 Å². The Morgan fingerprint density at radius 2 is 1.90 bits per heavy atom. The van der Waals surface area contributed by atoms with Crippen LogP contribution in [0.3, 0.4) is 0 Å². The zero-order valence-electron chi connectivity index (χ0n) is 12.6. The third-order valence-electron chi connectivity index (χ3n) is 3.83. The number of rotatable bonds is 5. The third-order valence-corrected chi connectivity index (χ3v) is 3.83. The van der Waals surface area contributed by atoms with Crippen LogP contribution in [0.25, 0.3) is 0 Å². The molecule has 0 aromatic heterocycles. The van der Waals surface area contributed by atoms with Gasteiger partial charge in [-0.2, -0.15) is 0 Å². The Kier molecular flexibility index (Phi) is 6.50. The van der Waals surface area contributed by atoms with E-state index in [0.717, 1.165) is 64.2 Å². The average Bonchev–Trinajstić information content (AvgIpc) is 2.74. The normalized spacial score (nSPS) is 16.5. The second-order valence-corrected chi connectivity index (χ2v) is 5.47. The van der Waals surface area contributed by atoms with E-state index in [1.165, 1.54) is 0 Å². The highest BCUT2D eigenvalue weighted by Gasteiger charge is 2.18. The number of anilines is 1. The van der Waals surface area contributed by atoms with Crippen molar-refractivity contribution < 1.29 is 4.79 Å². The van der Waals surface area contributed by atoms with Crippen molar-refractivity contribution in [1.29, 1.82) is 0 Å². The number of nitrogens with one attached hydrogen (secondary N) is 1. The number of nitrogens with two attached hydrogens (primary N) is 1. The van der Waals surface area contributed by atoms with Crippen LogP contribution in [0.15, 0.2) is 30.3 Å². The summed E-state index contributed by atoms with van der Waals surface area (Å²) in [6.07, 6.45) is 3.26. The summed E-state index contributed by atoms with van der Waals surface area (Å²) >= 11 is 0. The molecule has 116 valence electrons. The van der Waals surface area contributed by atoms with Gasteiger partial charge in [0.1, 0.15) is 0 Å². The van der Waals surface area contributed by atoms with E-state index in [2.05, 4.69) is 10.2 Å². The molecule has 1 heterocycles. The van der Waals surface area contributed by atoms with Gasteiger partial charge in [0.15, 0.2) is 0 Å². The number of unbranched alkanes of at least 4 members (excludes halogenated alkanes) is 1. The molecule has 1 aliphatic rings. The highest BCUT2D eigenvalue weighted by Crippen LogP contribution is 2.09. The summed E-state index contributed by atoms with van der Waals surface area (Å²) in [5.41, 5.74) is 6.38. The number of carbonyl (C=O) groups is 1. The number of hydrogen-bond donors (Lipinski definition) is 2. The second-order valence-electron chi connectivity index (χ2n) is 5.47. The van der Waals surface area contributed by atoms with Crippen molar-refractivity contribution >= 4 is 11.7 Å². The van der Waals surface area contributed by atoms with Crippen molar-refractivity contribution in [3.8, 4) is 0 Å². The van der Waals surface area contributed by atoms with Crippen LogP contribution >= 0.6 is 0 Å². The Hall–Kier alpha value is -1.59. The van der Waals surface area contributed by atoms with E-state index in [1.807, 2.05) is 35.2 Å². The van der Waals surface area contributed by atoms with Crippen LogP contribution in [0.5, 0.6) is 0 Å². The molecule has 1 saturated heterocycles. The van der Waals surface area contributed by atoms with Gasteiger partial charge < -0.3 is 20.9 Å². The van der Waals surface area contributed by atoms with Crippen molar-refractivity contribution in [2.75, 3.05) is 44.6 Å². The number of carbonyl (C=O) groups excluding carboxylic acids is 1. The van der Waals surface area contributed by atoms with Gasteiger partial charge in [0.2, 0.25) is 0 Å². The summed E-state index contributed by atoms with van der Waals surface area (Å²) in [6.45, 7) is 5.49. The highest BCUT2D eigenvalue weighted by molar-refractivity contribution is 5.89. The number of benzene rings is 1. The Bertz CT molecular complexity index is 424. The van der Waals surface area contributed by atoms with Crippen molar-refractivity contribution in [1.82, 2.24) is 9.80 Å². The predicted molar refractivity (Wildman–Crippen MR) is 86.4 cm³/mol. The Morgan fingerprint density at radius 3 is 2.67 bits per heavy atom. The van der Waals surface area contributed by atoms with E-state index in [4.69, 9.17) is 5.73 Å². The van der Waals surface area contributed by atoms with Crippen LogP contribution in [0, 0.1) is 0 Å². The maximum atomic E-state index is 12.3. The monoisotopic (exact) mass is 290 g/mol. The van der Waals surface area contributed by atoms with Crippen LogP contribution in [0.1, 0.15) is 19.3 Å². The molecule has 0 unspecified atom stereocenters. The minimum atomic E-state index is 0.00464. The smallest absolute Gasteiger partial charge is 0.321 e. The molecular weight excluding hydrogens is 264 g/mol. The molecule has 0 spiro atoms. The molecule has 3 N–H and O–H groups in total. The maximum absolute atomic E-state index is 12.3. The lowest BCUT2D eigenvalue weighted by Crippen LogP contribution is -2.38. The van der Waals surface area contributed by atoms with Gasteiger partial charge in [-0.3, -0.25) is 0 Å². The molecule has 5 heteroatoms. The van der Waals surface area contributed by atoms with Gasteiger partial charge in [-0.15, -0.1) is 0 Å². The lowest BCUT2D eigenvalue weighted by atomic mass is 10.3. The van der Waals surface area contributed by atoms with Gasteiger partial charge in [-0.25, -0.2) is 4.79 Å². The van der Waals surface area contributed by atoms with Crippen LogP contribution in [-0.2, 0) is 0 Å². The van der Waals surface area contributed by atoms with Gasteiger partial charge in [-0.05, 0) is 51.0 Å². The Balaban J connectivity index is 1.78. The highest BCUT2D eigenvalue weighted by atomic mass is 16.2. The minimum absolute atomic E-state index is 0.00464. The first-order chi connectivity index (χ1) is 10.3. The quantitative estimate of drug-likeness (QED) is 0.815. The lowest BCUT2D eigenvalue weighted by Gasteiger charge is -2.22. The molecule has 1 aliphatic heterocycles. The van der Waals surface area contributed by atoms with Crippen LogP contribution in [0.4, 0.5) is 10.5 Å². The molecule has 0 aliphatic carbocycles. The number of urea groups is 1. The maximum Gasteiger partial charge on any atom is 0.321 e. The largest absolute Gasteiger partial charge is 0.330 e. The summed E-state index contributed by atoms with van der Waals surface area (Å²) in [5, 5.41) is 2.96. The molecule has 1 aromatic rings. The van der Waals surface area contributed by atoms with Crippen molar-refractivity contribution in [2.24, 2.45) is 5.73 Å². The SMILES string of the molecule is NCCCCN1CCCN(C(=O)Nc2ccccc2)CC1. The first-order valence-corrected chi connectivity index (χ1v) is 7.83. The summed E-state index contributed by atoms with van der Waals surface area (Å²) in [7, 11) is 0. The number of amides is 2. The second kappa shape index (κ2) is 8.64. The molecule has 0 atom stereocenters. The molecule has 2 rings (SSSR count). The van der Waals surface area contributed by atoms with Crippen molar-refractivity contribution in [2.45, 2.75) is 19.3 Å². The van der Waals surface area contributed by atoms with Crippen molar-refractivity contribution in [3.63, 3.8) is 0 Å². The first-order valence-electron chi connectivity index (χ1n) is 7.83. The van der Waals surface area contributed by atoms with Crippen molar-refractivity contribution in [3.05, 3.63) is 30.3 Å². The van der Waals surface area contributed by atoms with Gasteiger partial charge in [-0.1, -0.05) is 18.2 Å². The molecule has 0 saturated carbocycles. The Morgan fingerprint density at radius 1 is 1.10 bits per heavy atom. The van der Waals surface area contributed by atoms with Crippen LogP contribution in [-0.4, -0.2) is 55.1 Å². The molecule has 1 fully saturated rings. The van der Waals surface area contributed by atoms with E-state index in [9.17, 15) is 4.79 Å². The van der Waals surface area contributed by atoms with Gasteiger partial charge in [0.05, 0.1) is 0 Å². The van der Waals surface area contributed by atoms with E-state index in [1.54, 1.807) is 0 Å². The fraction of sp³-hybridized carbons (Fsp3) is 0.562. The molecule has 2 amide bonds. The standard InChI is InChI=1S/C16H26N4O/c17-9-4-5-10-19-11-6-12-20(14-13-19)16(21)18-15-7-2-1-3-8-15/h1-3,7-8H,4-6,9-14,17H2,(H,18,21). The summed E-state index contributed by atoms with van der Waals surface area (Å²) < 4.78 is 0. The first kappa shape index (κ1) is 15.8. The lowest BCUT2D eigenvalue weighted by molar-refractivity contribution is 0.211. The zero-order chi connectivity index (χ0) is 14.9. The van der Waals surface area contributed by atoms with E-state index in [-0.39, 0.29) is 6.03 Å². The number of hydrogen-bond acceptors (Lipinski definition) is 3. The topological polar surface area (TPSA) is 61.6 Å². The van der Waals surface area contributed by atoms with Crippen LogP contribution in [0.2, 0.25) is 0 Å². The van der Waals surface area contributed by atoms with E-state index in [0.29, 0.717) is 0 Å². The molecule has 0 bridgehead atoms. The summed E-state index contributed by atoms with van der Waals surface area (Å²) in [5.74, 6) is 0. The predicted octanol–water partition coefficient (Wildman–Crippen LogP) is 1.97. The van der Waals surface area contributed by atoms with Crippen LogP contribution < -0.4 is 11.1 Å². The molecule has 1 aromatic carbocycles. The number of para-hydroxylation sites is 1. The average molecular weight is 290 g/mol. The molecule has 21 heavy (non-hydrogen) atoms. The Labute approximate surface area is 127 Å². The number of nitrogens with zero attached hydrogens (tertiary/aromatic N) is 2. The van der Waals surface area contributed by atoms with E-state index >= 15 is 0 Å². The zero-order valence-corrected chi connectivity index (χ0v) is 12.6. The molecule has 0 radical (unpaired) electrons. The molecular formula is C16H26N4O. The summed E-state index contributed by atoms with van der Waals surface area (Å²) in [4.78, 5) is 16.6.